The van der Waals surface area contributed by atoms with E-state index in [1.54, 1.807) is 0 Å². The van der Waals surface area contributed by atoms with E-state index in [-0.39, 0.29) is 35.3 Å². The number of alkyl halides is 4. The highest BCUT2D eigenvalue weighted by Crippen LogP contribution is 2.36. The van der Waals surface area contributed by atoms with Gasteiger partial charge in [0.2, 0.25) is 11.8 Å². The van der Waals surface area contributed by atoms with Crippen LogP contribution in [-0.4, -0.2) is 61.4 Å². The van der Waals surface area contributed by atoms with E-state index >= 15 is 0 Å². The number of fused-ring (bicyclic) bond motifs is 1. The third-order valence-electron chi connectivity index (χ3n) is 5.47. The van der Waals surface area contributed by atoms with Gasteiger partial charge in [-0.25, -0.2) is 14.2 Å². The molecule has 15 heteroatoms. The molecular formula is C19H19F4N7O4. The van der Waals surface area contributed by atoms with Crippen LogP contribution in [0, 0.1) is 0 Å². The van der Waals surface area contributed by atoms with Crippen molar-refractivity contribution >= 4 is 23.5 Å². The number of alkyl carbamates (subject to hydrolysis) is 1. The first-order valence-corrected chi connectivity index (χ1v) is 10.3. The van der Waals surface area contributed by atoms with Crippen molar-refractivity contribution in [2.45, 2.75) is 50.0 Å². The molecule has 3 N–H and O–H groups in total. The molecule has 0 spiro atoms. The molecule has 1 saturated heterocycles. The van der Waals surface area contributed by atoms with Crippen LogP contribution in [0.15, 0.2) is 24.5 Å². The van der Waals surface area contributed by atoms with E-state index in [0.29, 0.717) is 0 Å². The predicted molar refractivity (Wildman–Crippen MR) is 106 cm³/mol. The summed E-state index contributed by atoms with van der Waals surface area (Å²) in [6, 6.07) is 2.85. The minimum Gasteiger partial charge on any atom is -0.441 e. The molecule has 4 heterocycles. The van der Waals surface area contributed by atoms with Gasteiger partial charge in [-0.05, 0) is 25.8 Å². The van der Waals surface area contributed by atoms with Crippen molar-refractivity contribution in [3.05, 3.63) is 30.2 Å². The Bertz CT molecular complexity index is 1210. The monoisotopic (exact) mass is 485 g/mol. The Morgan fingerprint density at radius 1 is 1.38 bits per heavy atom. The van der Waals surface area contributed by atoms with Crippen LogP contribution in [0.25, 0.3) is 5.65 Å². The molecule has 2 fully saturated rings. The van der Waals surface area contributed by atoms with Crippen LogP contribution in [-0.2, 0) is 9.47 Å². The second-order valence-electron chi connectivity index (χ2n) is 8.28. The first-order valence-electron chi connectivity index (χ1n) is 10.3. The first kappa shape index (κ1) is 22.2. The third kappa shape index (κ3) is 4.69. The number of hydrogen-bond acceptors (Lipinski definition) is 8. The van der Waals surface area contributed by atoms with Gasteiger partial charge in [-0.1, -0.05) is 0 Å². The molecule has 182 valence electrons. The number of nitrogens with zero attached hydrogens (tertiary/aromatic N) is 4. The predicted octanol–water partition coefficient (Wildman–Crippen LogP) is 3.15. The molecule has 2 aliphatic rings. The number of carbonyl (C=O) groups is 1. The average Bonchev–Trinajstić information content (AvgIpc) is 3.10. The summed E-state index contributed by atoms with van der Waals surface area (Å²) in [5, 5.41) is 12.2. The molecule has 1 amide bonds. The molecule has 0 unspecified atom stereocenters. The lowest BCUT2D eigenvalue weighted by Gasteiger charge is -2.17. The van der Waals surface area contributed by atoms with Crippen LogP contribution in [0.3, 0.4) is 0 Å². The number of imidazole rings is 1. The van der Waals surface area contributed by atoms with E-state index in [2.05, 4.69) is 35.5 Å². The van der Waals surface area contributed by atoms with Gasteiger partial charge in [0.05, 0.1) is 18.5 Å². The number of aromatic amines is 1. The van der Waals surface area contributed by atoms with Crippen LogP contribution in [0.2, 0.25) is 0 Å². The van der Waals surface area contributed by atoms with Crippen molar-refractivity contribution in [1.82, 2.24) is 29.9 Å². The number of ether oxygens (including phenoxy) is 3. The third-order valence-corrected chi connectivity index (χ3v) is 5.47. The Balaban J connectivity index is 1.25. The van der Waals surface area contributed by atoms with Crippen LogP contribution < -0.4 is 15.4 Å². The minimum atomic E-state index is -4.89. The van der Waals surface area contributed by atoms with E-state index < -0.39 is 36.7 Å². The summed E-state index contributed by atoms with van der Waals surface area (Å²) in [7, 11) is 0. The van der Waals surface area contributed by atoms with Crippen LogP contribution in [0.5, 0.6) is 5.88 Å². The van der Waals surface area contributed by atoms with Gasteiger partial charge >= 0.3 is 12.5 Å². The maximum Gasteiger partial charge on any atom is 0.574 e. The smallest absolute Gasteiger partial charge is 0.441 e. The van der Waals surface area contributed by atoms with Gasteiger partial charge < -0.3 is 24.8 Å². The Morgan fingerprint density at radius 2 is 2.18 bits per heavy atom. The highest BCUT2D eigenvalue weighted by Gasteiger charge is 2.44. The normalized spacial score (nSPS) is 23.6. The van der Waals surface area contributed by atoms with Crippen molar-refractivity contribution in [3.8, 4) is 5.88 Å². The number of amides is 1. The van der Waals surface area contributed by atoms with Crippen molar-refractivity contribution in [1.29, 1.82) is 0 Å². The SMILES string of the molecule is CC1(NC(=O)O[C@@H]2CO[C@H](c3cc(Nc4nccc5nc(OC(F)(F)F)cn45)n[nH]3)[C@@H]2F)CC1. The number of H-pyrrole nitrogens is 1. The second kappa shape index (κ2) is 8.00. The van der Waals surface area contributed by atoms with Gasteiger partial charge in [0.1, 0.15) is 11.8 Å². The van der Waals surface area contributed by atoms with Gasteiger partial charge in [-0.15, -0.1) is 13.2 Å². The van der Waals surface area contributed by atoms with Gasteiger partial charge in [-0.3, -0.25) is 9.50 Å². The van der Waals surface area contributed by atoms with Crippen LogP contribution >= 0.6 is 0 Å². The summed E-state index contributed by atoms with van der Waals surface area (Å²) >= 11 is 0. The first-order chi connectivity index (χ1) is 16.1. The summed E-state index contributed by atoms with van der Waals surface area (Å²) in [5.41, 5.74) is 0.126. The summed E-state index contributed by atoms with van der Waals surface area (Å²) in [6.45, 7) is 1.74. The van der Waals surface area contributed by atoms with Gasteiger partial charge in [0.25, 0.3) is 0 Å². The standard InChI is InChI=1S/C19H19F4N7O4/c1-18(3-4-18)27-17(31)33-10-8-32-15(14(10)20)9-6-11(29-28-9)25-16-24-5-2-12-26-13(7-30(12)16)34-19(21,22)23/h2,5-7,10,14-15H,3-4,8H2,1H3,(H,27,31)(H2,24,25,28,29)/t10-,14-,15-/m1/s1. The molecular weight excluding hydrogens is 466 g/mol. The second-order valence-corrected chi connectivity index (χ2v) is 8.28. The van der Waals surface area contributed by atoms with E-state index in [4.69, 9.17) is 9.47 Å². The minimum absolute atomic E-state index is 0.0932. The summed E-state index contributed by atoms with van der Waals surface area (Å²) in [5.74, 6) is -0.367. The lowest BCUT2D eigenvalue weighted by Crippen LogP contribution is -2.39. The maximum atomic E-state index is 14.9. The Labute approximate surface area is 188 Å². The van der Waals surface area contributed by atoms with Gasteiger partial charge in [0.15, 0.2) is 18.1 Å². The number of carbonyl (C=O) groups excluding carboxylic acids is 1. The summed E-state index contributed by atoms with van der Waals surface area (Å²) in [6.07, 6.45) is -5.33. The Morgan fingerprint density at radius 3 is 2.91 bits per heavy atom. The largest absolute Gasteiger partial charge is 0.574 e. The molecule has 1 aliphatic carbocycles. The average molecular weight is 485 g/mol. The van der Waals surface area contributed by atoms with Gasteiger partial charge in [0, 0.05) is 17.8 Å². The molecule has 0 aromatic carbocycles. The fourth-order valence-electron chi connectivity index (χ4n) is 3.48. The number of halogens is 4. The Kier molecular flexibility index (Phi) is 5.22. The Hall–Kier alpha value is -3.62. The van der Waals surface area contributed by atoms with Crippen molar-refractivity contribution in [2.75, 3.05) is 11.9 Å². The fourth-order valence-corrected chi connectivity index (χ4v) is 3.48. The number of rotatable bonds is 6. The summed E-state index contributed by atoms with van der Waals surface area (Å²) < 4.78 is 68.0. The molecule has 1 aliphatic heterocycles. The van der Waals surface area contributed by atoms with E-state index in [1.807, 2.05) is 6.92 Å². The number of nitrogens with one attached hydrogen (secondary N) is 3. The molecule has 0 radical (unpaired) electrons. The fraction of sp³-hybridized carbons (Fsp3) is 0.474. The van der Waals surface area contributed by atoms with Crippen molar-refractivity contribution < 1.29 is 36.6 Å². The van der Waals surface area contributed by atoms with Crippen LogP contribution in [0.4, 0.5) is 34.1 Å². The van der Waals surface area contributed by atoms with E-state index in [1.165, 1.54) is 22.7 Å². The molecule has 34 heavy (non-hydrogen) atoms. The number of anilines is 2. The number of hydrogen-bond donors (Lipinski definition) is 3. The lowest BCUT2D eigenvalue weighted by atomic mass is 10.1. The maximum absolute atomic E-state index is 14.9. The molecule has 0 bridgehead atoms. The number of aromatic nitrogens is 5. The van der Waals surface area contributed by atoms with E-state index in [0.717, 1.165) is 19.0 Å². The molecule has 11 nitrogen and oxygen atoms in total. The highest BCUT2D eigenvalue weighted by atomic mass is 19.4. The zero-order valence-electron chi connectivity index (χ0n) is 17.6. The van der Waals surface area contributed by atoms with Crippen LogP contribution in [0.1, 0.15) is 31.6 Å². The van der Waals surface area contributed by atoms with Crippen molar-refractivity contribution in [3.63, 3.8) is 0 Å². The topological polar surface area (TPSA) is 128 Å². The molecule has 3 aromatic heterocycles. The molecule has 3 aromatic rings. The quantitative estimate of drug-likeness (QED) is 0.455. The highest BCUT2D eigenvalue weighted by molar-refractivity contribution is 5.69. The van der Waals surface area contributed by atoms with E-state index in [9.17, 15) is 22.4 Å². The van der Waals surface area contributed by atoms with Crippen molar-refractivity contribution in [2.24, 2.45) is 0 Å². The lowest BCUT2D eigenvalue weighted by molar-refractivity contribution is -0.276. The molecule has 5 rings (SSSR count). The zero-order valence-corrected chi connectivity index (χ0v) is 17.6. The molecule has 3 atom stereocenters. The zero-order chi connectivity index (χ0) is 24.1. The molecule has 1 saturated carbocycles. The summed E-state index contributed by atoms with van der Waals surface area (Å²) in [4.78, 5) is 19.8. The van der Waals surface area contributed by atoms with Gasteiger partial charge in [-0.2, -0.15) is 10.1 Å².